The second-order valence-electron chi connectivity index (χ2n) is 6.80. The van der Waals surface area contributed by atoms with Crippen LogP contribution in [0.5, 0.6) is 0 Å². The summed E-state index contributed by atoms with van der Waals surface area (Å²) in [6.07, 6.45) is 1.72. The summed E-state index contributed by atoms with van der Waals surface area (Å²) < 4.78 is 33.1. The molecule has 0 aliphatic carbocycles. The van der Waals surface area contributed by atoms with Crippen LogP contribution in [0.25, 0.3) is 0 Å². The molecule has 0 saturated carbocycles. The van der Waals surface area contributed by atoms with E-state index in [1.807, 2.05) is 44.2 Å². The Bertz CT molecular complexity index is 852. The number of rotatable bonds is 12. The molecule has 7 heteroatoms. The minimum Gasteiger partial charge on any atom is -0.382 e. The summed E-state index contributed by atoms with van der Waals surface area (Å²) in [5.41, 5.74) is 1.82. The minimum absolute atomic E-state index is 0.0171. The van der Waals surface area contributed by atoms with Gasteiger partial charge in [-0.2, -0.15) is 0 Å². The summed E-state index contributed by atoms with van der Waals surface area (Å²) in [4.78, 5) is 12.1. The van der Waals surface area contributed by atoms with Crippen molar-refractivity contribution >= 4 is 15.9 Å². The first kappa shape index (κ1) is 23.1. The van der Waals surface area contributed by atoms with Crippen molar-refractivity contribution < 1.29 is 17.9 Å². The summed E-state index contributed by atoms with van der Waals surface area (Å²) in [7, 11) is -3.62. The van der Waals surface area contributed by atoms with Crippen LogP contribution >= 0.6 is 0 Å². The van der Waals surface area contributed by atoms with Crippen molar-refractivity contribution in [3.05, 3.63) is 65.7 Å². The van der Waals surface area contributed by atoms with Crippen LogP contribution in [0.1, 0.15) is 43.9 Å². The van der Waals surface area contributed by atoms with Crippen LogP contribution in [0.4, 0.5) is 0 Å². The van der Waals surface area contributed by atoms with Crippen LogP contribution in [-0.2, 0) is 26.0 Å². The lowest BCUT2D eigenvalue weighted by Gasteiger charge is -2.15. The van der Waals surface area contributed by atoms with Gasteiger partial charge in [0.2, 0.25) is 15.9 Å². The monoisotopic (exact) mass is 418 g/mol. The van der Waals surface area contributed by atoms with Gasteiger partial charge in [-0.15, -0.1) is 0 Å². The SMILES string of the molecule is CCOCCCNC(=O)CCc1ccc(S(=O)(=O)N[C@H](C)c2ccccc2)cc1. The third kappa shape index (κ3) is 7.97. The van der Waals surface area contributed by atoms with E-state index in [1.165, 1.54) is 0 Å². The van der Waals surface area contributed by atoms with Gasteiger partial charge >= 0.3 is 0 Å². The zero-order valence-electron chi connectivity index (χ0n) is 17.1. The second kappa shape index (κ2) is 11.7. The molecule has 0 heterocycles. The standard InChI is InChI=1S/C22H30N2O4S/c1-3-28-17-7-16-23-22(25)15-12-19-10-13-21(14-11-19)29(26,27)24-18(2)20-8-5-4-6-9-20/h4-6,8-11,13-14,18,24H,3,7,12,15-17H2,1-2H3,(H,23,25)/t18-/m1/s1. The zero-order valence-corrected chi connectivity index (χ0v) is 17.9. The van der Waals surface area contributed by atoms with Crippen LogP contribution in [0, 0.1) is 0 Å². The molecule has 158 valence electrons. The van der Waals surface area contributed by atoms with Gasteiger partial charge in [0, 0.05) is 32.2 Å². The average molecular weight is 419 g/mol. The second-order valence-corrected chi connectivity index (χ2v) is 8.51. The Hall–Kier alpha value is -2.22. The fraction of sp³-hybridized carbons (Fsp3) is 0.409. The fourth-order valence-corrected chi connectivity index (χ4v) is 4.07. The lowest BCUT2D eigenvalue weighted by atomic mass is 10.1. The summed E-state index contributed by atoms with van der Waals surface area (Å²) in [6, 6.07) is 15.8. The smallest absolute Gasteiger partial charge is 0.241 e. The molecule has 0 fully saturated rings. The number of amides is 1. The third-order valence-corrected chi connectivity index (χ3v) is 6.05. The van der Waals surface area contributed by atoms with E-state index in [2.05, 4.69) is 10.0 Å². The normalized spacial score (nSPS) is 12.5. The number of carbonyl (C=O) groups is 1. The van der Waals surface area contributed by atoms with Crippen LogP contribution in [0.3, 0.4) is 0 Å². The highest BCUT2D eigenvalue weighted by Gasteiger charge is 2.18. The van der Waals surface area contributed by atoms with Crippen LogP contribution in [0.15, 0.2) is 59.5 Å². The molecule has 0 unspecified atom stereocenters. The van der Waals surface area contributed by atoms with Gasteiger partial charge in [0.25, 0.3) is 0 Å². The van der Waals surface area contributed by atoms with E-state index in [0.717, 1.165) is 17.5 Å². The van der Waals surface area contributed by atoms with Gasteiger partial charge in [0.05, 0.1) is 4.90 Å². The molecule has 29 heavy (non-hydrogen) atoms. The van der Waals surface area contributed by atoms with Crippen LogP contribution in [0.2, 0.25) is 0 Å². The molecule has 0 bridgehead atoms. The summed E-state index contributed by atoms with van der Waals surface area (Å²) >= 11 is 0. The highest BCUT2D eigenvalue weighted by atomic mass is 32.2. The van der Waals surface area contributed by atoms with E-state index in [0.29, 0.717) is 32.6 Å². The van der Waals surface area contributed by atoms with Gasteiger partial charge in [0.15, 0.2) is 0 Å². The van der Waals surface area contributed by atoms with E-state index >= 15 is 0 Å². The number of nitrogens with one attached hydrogen (secondary N) is 2. The molecule has 2 N–H and O–H groups in total. The minimum atomic E-state index is -3.62. The van der Waals surface area contributed by atoms with Crippen molar-refractivity contribution in [2.75, 3.05) is 19.8 Å². The maximum Gasteiger partial charge on any atom is 0.241 e. The molecule has 6 nitrogen and oxygen atoms in total. The van der Waals surface area contributed by atoms with E-state index < -0.39 is 10.0 Å². The highest BCUT2D eigenvalue weighted by Crippen LogP contribution is 2.17. The van der Waals surface area contributed by atoms with E-state index in [-0.39, 0.29) is 16.8 Å². The Labute approximate surface area is 173 Å². The number of sulfonamides is 1. The molecule has 0 aliphatic heterocycles. The summed E-state index contributed by atoms with van der Waals surface area (Å²) in [5, 5.41) is 2.86. The van der Waals surface area contributed by atoms with Crippen molar-refractivity contribution in [1.82, 2.24) is 10.0 Å². The number of ether oxygens (including phenoxy) is 1. The third-order valence-electron chi connectivity index (χ3n) is 4.50. The molecular formula is C22H30N2O4S. The lowest BCUT2D eigenvalue weighted by molar-refractivity contribution is -0.121. The molecular weight excluding hydrogens is 388 g/mol. The summed E-state index contributed by atoms with van der Waals surface area (Å²) in [5.74, 6) is -0.0171. The average Bonchev–Trinajstić information content (AvgIpc) is 2.72. The predicted octanol–water partition coefficient (Wildman–Crippen LogP) is 3.20. The first-order chi connectivity index (χ1) is 13.9. The van der Waals surface area contributed by atoms with E-state index in [1.54, 1.807) is 24.3 Å². The molecule has 0 spiro atoms. The molecule has 2 aromatic rings. The van der Waals surface area contributed by atoms with Crippen molar-refractivity contribution in [2.24, 2.45) is 0 Å². The van der Waals surface area contributed by atoms with Crippen molar-refractivity contribution in [3.63, 3.8) is 0 Å². The molecule has 2 aromatic carbocycles. The maximum absolute atomic E-state index is 12.6. The Morgan fingerprint density at radius 2 is 1.76 bits per heavy atom. The number of hydrogen-bond acceptors (Lipinski definition) is 4. The molecule has 0 saturated heterocycles. The fourth-order valence-electron chi connectivity index (χ4n) is 2.84. The van der Waals surface area contributed by atoms with Crippen molar-refractivity contribution in [3.8, 4) is 0 Å². The van der Waals surface area contributed by atoms with Gasteiger partial charge in [-0.25, -0.2) is 13.1 Å². The molecule has 1 atom stereocenters. The predicted molar refractivity (Wildman–Crippen MR) is 114 cm³/mol. The Morgan fingerprint density at radius 3 is 2.41 bits per heavy atom. The van der Waals surface area contributed by atoms with Crippen LogP contribution in [-0.4, -0.2) is 34.1 Å². The topological polar surface area (TPSA) is 84.5 Å². The highest BCUT2D eigenvalue weighted by molar-refractivity contribution is 7.89. The Morgan fingerprint density at radius 1 is 1.07 bits per heavy atom. The van der Waals surface area contributed by atoms with Crippen molar-refractivity contribution in [2.45, 2.75) is 44.0 Å². The van der Waals surface area contributed by atoms with Gasteiger partial charge in [-0.05, 0) is 49.9 Å². The Kier molecular flexibility index (Phi) is 9.31. The van der Waals surface area contributed by atoms with Gasteiger partial charge in [-0.1, -0.05) is 42.5 Å². The summed E-state index contributed by atoms with van der Waals surface area (Å²) in [6.45, 7) is 5.68. The number of carbonyl (C=O) groups excluding carboxylic acids is 1. The molecule has 0 aliphatic rings. The zero-order chi connectivity index (χ0) is 21.1. The number of benzene rings is 2. The largest absolute Gasteiger partial charge is 0.382 e. The molecule has 0 aromatic heterocycles. The van der Waals surface area contributed by atoms with E-state index in [9.17, 15) is 13.2 Å². The van der Waals surface area contributed by atoms with Crippen LogP contribution < -0.4 is 10.0 Å². The van der Waals surface area contributed by atoms with Gasteiger partial charge in [-0.3, -0.25) is 4.79 Å². The Balaban J connectivity index is 1.83. The number of hydrogen-bond donors (Lipinski definition) is 2. The lowest BCUT2D eigenvalue weighted by Crippen LogP contribution is -2.27. The van der Waals surface area contributed by atoms with Gasteiger partial charge < -0.3 is 10.1 Å². The van der Waals surface area contributed by atoms with Crippen molar-refractivity contribution in [1.29, 1.82) is 0 Å². The molecule has 1 amide bonds. The quantitative estimate of drug-likeness (QED) is 0.519. The van der Waals surface area contributed by atoms with E-state index in [4.69, 9.17) is 4.74 Å². The first-order valence-corrected chi connectivity index (χ1v) is 11.4. The number of aryl methyl sites for hydroxylation is 1. The first-order valence-electron chi connectivity index (χ1n) is 9.93. The van der Waals surface area contributed by atoms with Gasteiger partial charge in [0.1, 0.15) is 0 Å². The molecule has 2 rings (SSSR count). The maximum atomic E-state index is 12.6. The molecule has 0 radical (unpaired) electrons.